The molecule has 2 rings (SSSR count). The summed E-state index contributed by atoms with van der Waals surface area (Å²) in [4.78, 5) is 22.5. The fourth-order valence-electron chi connectivity index (χ4n) is 2.65. The maximum Gasteiger partial charge on any atom is 0.288 e. The zero-order valence-electron chi connectivity index (χ0n) is 11.7. The van der Waals surface area contributed by atoms with Gasteiger partial charge in [-0.05, 0) is 25.2 Å². The summed E-state index contributed by atoms with van der Waals surface area (Å²) >= 11 is 7.73. The Labute approximate surface area is 132 Å². The first-order valence-corrected chi connectivity index (χ1v) is 8.36. The van der Waals surface area contributed by atoms with Crippen molar-refractivity contribution in [1.29, 1.82) is 0 Å². The number of nitrogens with one attached hydrogen (secondary N) is 1. The number of carbonyl (C=O) groups excluding carboxylic acids is 1. The average Bonchev–Trinajstić information content (AvgIpc) is 2.94. The lowest BCUT2D eigenvalue weighted by Gasteiger charge is -2.26. The molecule has 1 saturated carbocycles. The minimum atomic E-state index is -0.584. The van der Waals surface area contributed by atoms with Crippen LogP contribution < -0.4 is 5.32 Å². The van der Waals surface area contributed by atoms with Crippen LogP contribution >= 0.6 is 23.4 Å². The number of hydrogen-bond acceptors (Lipinski definition) is 4. The van der Waals surface area contributed by atoms with E-state index in [-0.39, 0.29) is 26.9 Å². The van der Waals surface area contributed by atoms with Crippen LogP contribution in [0.1, 0.15) is 36.0 Å². The second-order valence-corrected chi connectivity index (χ2v) is 6.82. The molecule has 1 aliphatic carbocycles. The number of rotatable bonds is 5. The molecule has 0 saturated heterocycles. The molecule has 0 spiro atoms. The molecule has 0 radical (unpaired) electrons. The van der Waals surface area contributed by atoms with Gasteiger partial charge in [-0.15, -0.1) is 0 Å². The van der Waals surface area contributed by atoms with Crippen LogP contribution in [0.2, 0.25) is 5.02 Å². The van der Waals surface area contributed by atoms with Gasteiger partial charge < -0.3 is 5.32 Å². The van der Waals surface area contributed by atoms with Gasteiger partial charge in [0.05, 0.1) is 10.5 Å². The Hall–Kier alpha value is -1.27. The van der Waals surface area contributed by atoms with E-state index in [4.69, 9.17) is 11.6 Å². The molecule has 1 aromatic rings. The second-order valence-electron chi connectivity index (χ2n) is 5.17. The van der Waals surface area contributed by atoms with Crippen LogP contribution in [0, 0.1) is 10.1 Å². The normalized spacial score (nSPS) is 16.7. The average molecular weight is 329 g/mol. The Kier molecular flexibility index (Phi) is 5.11. The first-order chi connectivity index (χ1) is 9.99. The molecule has 0 unspecified atom stereocenters. The summed E-state index contributed by atoms with van der Waals surface area (Å²) < 4.78 is 0.0862. The van der Waals surface area contributed by atoms with Crippen molar-refractivity contribution in [3.8, 4) is 0 Å². The van der Waals surface area contributed by atoms with Crippen molar-refractivity contribution in [3.63, 3.8) is 0 Å². The lowest BCUT2D eigenvalue weighted by Crippen LogP contribution is -2.38. The van der Waals surface area contributed by atoms with E-state index in [1.54, 1.807) is 11.8 Å². The molecular formula is C14H17ClN2O3S. The van der Waals surface area contributed by atoms with E-state index in [0.717, 1.165) is 12.8 Å². The standard InChI is InChI=1S/C14H17ClN2O3S/c1-21-14(7-2-3-8-14)9-16-13(18)10-5-4-6-11(12(10)15)17(19)20/h4-6H,2-3,7-9H2,1H3,(H,16,18). The zero-order chi connectivity index (χ0) is 15.5. The smallest absolute Gasteiger partial charge is 0.288 e. The molecule has 0 aromatic heterocycles. The van der Waals surface area contributed by atoms with Crippen LogP contribution in [0.4, 0.5) is 5.69 Å². The predicted molar refractivity (Wildman–Crippen MR) is 85.2 cm³/mol. The van der Waals surface area contributed by atoms with Gasteiger partial charge in [-0.25, -0.2) is 0 Å². The van der Waals surface area contributed by atoms with E-state index in [0.29, 0.717) is 6.54 Å². The number of nitro benzene ring substituents is 1. The molecule has 1 aromatic carbocycles. The number of halogens is 1. The molecule has 1 fully saturated rings. The van der Waals surface area contributed by atoms with Gasteiger partial charge in [0, 0.05) is 17.4 Å². The second kappa shape index (κ2) is 6.66. The number of carbonyl (C=O) groups is 1. The molecule has 0 aliphatic heterocycles. The van der Waals surface area contributed by atoms with Gasteiger partial charge in [0.25, 0.3) is 11.6 Å². The highest BCUT2D eigenvalue weighted by molar-refractivity contribution is 8.00. The lowest BCUT2D eigenvalue weighted by atomic mass is 10.1. The van der Waals surface area contributed by atoms with Crippen molar-refractivity contribution in [2.75, 3.05) is 12.8 Å². The van der Waals surface area contributed by atoms with Crippen LogP contribution in [0.3, 0.4) is 0 Å². The Morgan fingerprint density at radius 2 is 2.14 bits per heavy atom. The van der Waals surface area contributed by atoms with Crippen molar-refractivity contribution in [2.45, 2.75) is 30.4 Å². The third-order valence-corrected chi connectivity index (χ3v) is 5.75. The van der Waals surface area contributed by atoms with Gasteiger partial charge in [0.2, 0.25) is 0 Å². The molecule has 0 heterocycles. The first-order valence-electron chi connectivity index (χ1n) is 6.75. The molecule has 114 valence electrons. The zero-order valence-corrected chi connectivity index (χ0v) is 13.3. The molecule has 5 nitrogen and oxygen atoms in total. The molecule has 1 N–H and O–H groups in total. The Balaban J connectivity index is 2.10. The van der Waals surface area contributed by atoms with Crippen molar-refractivity contribution in [2.24, 2.45) is 0 Å². The largest absolute Gasteiger partial charge is 0.351 e. The molecule has 7 heteroatoms. The highest BCUT2D eigenvalue weighted by atomic mass is 35.5. The number of amides is 1. The summed E-state index contributed by atoms with van der Waals surface area (Å²) in [5.74, 6) is -0.357. The van der Waals surface area contributed by atoms with E-state index < -0.39 is 4.92 Å². The maximum absolute atomic E-state index is 12.2. The predicted octanol–water partition coefficient (Wildman–Crippen LogP) is 3.65. The summed E-state index contributed by atoms with van der Waals surface area (Å²) in [6, 6.07) is 4.27. The Bertz CT molecular complexity index is 559. The molecule has 1 amide bonds. The van der Waals surface area contributed by atoms with Crippen molar-refractivity contribution < 1.29 is 9.72 Å². The summed E-state index contributed by atoms with van der Waals surface area (Å²) in [7, 11) is 0. The molecule has 0 atom stereocenters. The molecular weight excluding hydrogens is 312 g/mol. The van der Waals surface area contributed by atoms with Crippen molar-refractivity contribution >= 4 is 35.0 Å². The topological polar surface area (TPSA) is 72.2 Å². The highest BCUT2D eigenvalue weighted by Gasteiger charge is 2.33. The highest BCUT2D eigenvalue weighted by Crippen LogP contribution is 2.39. The van der Waals surface area contributed by atoms with Crippen LogP contribution in [0.15, 0.2) is 18.2 Å². The van der Waals surface area contributed by atoms with Crippen LogP contribution in [0.5, 0.6) is 0 Å². The van der Waals surface area contributed by atoms with Crippen LogP contribution in [-0.2, 0) is 0 Å². The number of hydrogen-bond donors (Lipinski definition) is 1. The van der Waals surface area contributed by atoms with Gasteiger partial charge in [0.1, 0.15) is 5.02 Å². The van der Waals surface area contributed by atoms with E-state index in [1.165, 1.54) is 31.0 Å². The minimum absolute atomic E-state index is 0.0862. The van der Waals surface area contributed by atoms with Crippen LogP contribution in [-0.4, -0.2) is 28.4 Å². The molecule has 21 heavy (non-hydrogen) atoms. The van der Waals surface area contributed by atoms with Crippen molar-refractivity contribution in [3.05, 3.63) is 38.9 Å². The summed E-state index contributed by atoms with van der Waals surface area (Å²) in [5.41, 5.74) is -0.0927. The number of nitro groups is 1. The number of thioether (sulfide) groups is 1. The summed E-state index contributed by atoms with van der Waals surface area (Å²) in [6.07, 6.45) is 6.56. The number of nitrogens with zero attached hydrogens (tertiary/aromatic N) is 1. The van der Waals surface area contributed by atoms with Crippen LogP contribution in [0.25, 0.3) is 0 Å². The summed E-state index contributed by atoms with van der Waals surface area (Å²) in [6.45, 7) is 0.562. The fraction of sp³-hybridized carbons (Fsp3) is 0.500. The molecule has 0 bridgehead atoms. The van der Waals surface area contributed by atoms with Gasteiger partial charge in [-0.3, -0.25) is 14.9 Å². The van der Waals surface area contributed by atoms with Gasteiger partial charge in [-0.2, -0.15) is 11.8 Å². The number of benzene rings is 1. The Morgan fingerprint density at radius 1 is 1.48 bits per heavy atom. The van der Waals surface area contributed by atoms with E-state index in [9.17, 15) is 14.9 Å². The fourth-order valence-corrected chi connectivity index (χ4v) is 3.84. The van der Waals surface area contributed by atoms with Gasteiger partial charge in [0.15, 0.2) is 0 Å². The lowest BCUT2D eigenvalue weighted by molar-refractivity contribution is -0.384. The monoisotopic (exact) mass is 328 g/mol. The van der Waals surface area contributed by atoms with Gasteiger partial charge in [-0.1, -0.05) is 30.5 Å². The van der Waals surface area contributed by atoms with Gasteiger partial charge >= 0.3 is 0 Å². The minimum Gasteiger partial charge on any atom is -0.351 e. The first kappa shape index (κ1) is 16.1. The van der Waals surface area contributed by atoms with E-state index >= 15 is 0 Å². The third kappa shape index (κ3) is 3.49. The Morgan fingerprint density at radius 3 is 2.71 bits per heavy atom. The maximum atomic E-state index is 12.2. The van der Waals surface area contributed by atoms with E-state index in [1.807, 2.05) is 0 Å². The SMILES string of the molecule is CSC1(CNC(=O)c2cccc([N+](=O)[O-])c2Cl)CCCC1. The van der Waals surface area contributed by atoms with E-state index in [2.05, 4.69) is 11.6 Å². The third-order valence-electron chi connectivity index (χ3n) is 3.94. The quantitative estimate of drug-likeness (QED) is 0.661. The summed E-state index contributed by atoms with van der Waals surface area (Å²) in [5, 5.41) is 13.6. The molecule has 1 aliphatic rings. The van der Waals surface area contributed by atoms with Crippen molar-refractivity contribution in [1.82, 2.24) is 5.32 Å².